The Morgan fingerprint density at radius 2 is 2.40 bits per heavy atom. The number of hydrogen-bond donors (Lipinski definition) is 0. The predicted molar refractivity (Wildman–Crippen MR) is 42.0 cm³/mol. The highest BCUT2D eigenvalue weighted by atomic mass is 35.5. The zero-order valence-corrected chi connectivity index (χ0v) is 7.03. The number of allylic oxidation sites excluding steroid dienone is 2. The third kappa shape index (κ3) is 1.24. The quantitative estimate of drug-likeness (QED) is 0.423. The molecule has 0 aromatic carbocycles. The predicted octanol–water partition coefficient (Wildman–Crippen LogP) is 2.50. The molecule has 0 amide bonds. The Balaban J connectivity index is 2.82. The Kier molecular flexibility index (Phi) is 1.86. The fraction of sp³-hybridized carbons (Fsp3) is 0.625. The molecule has 56 valence electrons. The van der Waals surface area contributed by atoms with Crippen molar-refractivity contribution >= 4 is 16.8 Å². The van der Waals surface area contributed by atoms with Crippen molar-refractivity contribution in [3.63, 3.8) is 0 Å². The van der Waals surface area contributed by atoms with Gasteiger partial charge in [-0.3, -0.25) is 4.79 Å². The fourth-order valence-corrected chi connectivity index (χ4v) is 1.45. The van der Waals surface area contributed by atoms with E-state index in [0.29, 0.717) is 0 Å². The first-order valence-electron chi connectivity index (χ1n) is 3.43. The lowest BCUT2D eigenvalue weighted by atomic mass is 9.92. The van der Waals surface area contributed by atoms with E-state index >= 15 is 0 Å². The second kappa shape index (κ2) is 2.39. The Labute approximate surface area is 66.1 Å². The van der Waals surface area contributed by atoms with Crippen LogP contribution in [0, 0.1) is 5.41 Å². The normalized spacial score (nSPS) is 32.1. The summed E-state index contributed by atoms with van der Waals surface area (Å²) in [7, 11) is 0. The van der Waals surface area contributed by atoms with Crippen LogP contribution in [0.1, 0.15) is 26.7 Å². The standard InChI is InChI=1S/C8H11ClO/c1-6-3-4-8(2,5-6)7(9)10/h5H,3-4H2,1-2H3. The highest BCUT2D eigenvalue weighted by molar-refractivity contribution is 6.65. The van der Waals surface area contributed by atoms with E-state index in [2.05, 4.69) is 0 Å². The molecule has 0 aliphatic heterocycles. The van der Waals surface area contributed by atoms with Gasteiger partial charge in [0, 0.05) is 0 Å². The third-order valence-corrected chi connectivity index (χ3v) is 2.48. The molecular formula is C8H11ClO. The Bertz CT molecular complexity index is 195. The van der Waals surface area contributed by atoms with Crippen molar-refractivity contribution in [3.05, 3.63) is 11.6 Å². The number of halogens is 1. The van der Waals surface area contributed by atoms with E-state index in [0.717, 1.165) is 12.8 Å². The van der Waals surface area contributed by atoms with Crippen LogP contribution in [0.15, 0.2) is 11.6 Å². The molecule has 0 saturated carbocycles. The van der Waals surface area contributed by atoms with Gasteiger partial charge in [0.15, 0.2) is 0 Å². The molecule has 0 N–H and O–H groups in total. The molecule has 0 fully saturated rings. The maximum absolute atomic E-state index is 10.8. The average molecular weight is 159 g/mol. The summed E-state index contributed by atoms with van der Waals surface area (Å²) in [4.78, 5) is 10.8. The molecule has 1 atom stereocenters. The lowest BCUT2D eigenvalue weighted by Crippen LogP contribution is -2.17. The molecule has 0 bridgehead atoms. The Morgan fingerprint density at radius 3 is 2.60 bits per heavy atom. The number of carbonyl (C=O) groups is 1. The zero-order valence-electron chi connectivity index (χ0n) is 6.28. The molecule has 1 rings (SSSR count). The van der Waals surface area contributed by atoms with E-state index in [-0.39, 0.29) is 10.7 Å². The van der Waals surface area contributed by atoms with Crippen molar-refractivity contribution in [1.29, 1.82) is 0 Å². The smallest absolute Gasteiger partial charge is 0.231 e. The molecule has 10 heavy (non-hydrogen) atoms. The van der Waals surface area contributed by atoms with Crippen molar-refractivity contribution in [2.45, 2.75) is 26.7 Å². The van der Waals surface area contributed by atoms with E-state index in [1.54, 1.807) is 0 Å². The van der Waals surface area contributed by atoms with E-state index < -0.39 is 0 Å². The lowest BCUT2D eigenvalue weighted by molar-refractivity contribution is -0.117. The molecule has 0 radical (unpaired) electrons. The Hall–Kier alpha value is -0.300. The third-order valence-electron chi connectivity index (χ3n) is 2.05. The minimum Gasteiger partial charge on any atom is -0.280 e. The van der Waals surface area contributed by atoms with Crippen molar-refractivity contribution in [1.82, 2.24) is 0 Å². The van der Waals surface area contributed by atoms with Crippen LogP contribution in [-0.2, 0) is 4.79 Å². The minimum absolute atomic E-state index is 0.232. The molecule has 1 aliphatic carbocycles. The van der Waals surface area contributed by atoms with Gasteiger partial charge in [0.1, 0.15) is 0 Å². The second-order valence-corrected chi connectivity index (χ2v) is 3.53. The van der Waals surface area contributed by atoms with Crippen LogP contribution in [0.25, 0.3) is 0 Å². The lowest BCUT2D eigenvalue weighted by Gasteiger charge is -2.14. The average Bonchev–Trinajstić information content (AvgIpc) is 2.13. The van der Waals surface area contributed by atoms with Gasteiger partial charge in [0.2, 0.25) is 5.24 Å². The van der Waals surface area contributed by atoms with Crippen LogP contribution in [0.3, 0.4) is 0 Å². The monoisotopic (exact) mass is 158 g/mol. The van der Waals surface area contributed by atoms with Crippen LogP contribution in [0.2, 0.25) is 0 Å². The molecule has 0 aromatic rings. The summed E-state index contributed by atoms with van der Waals surface area (Å²) in [6.07, 6.45) is 3.86. The van der Waals surface area contributed by atoms with Crippen molar-refractivity contribution in [2.75, 3.05) is 0 Å². The van der Waals surface area contributed by atoms with E-state index in [4.69, 9.17) is 11.6 Å². The van der Waals surface area contributed by atoms with Crippen LogP contribution >= 0.6 is 11.6 Å². The minimum atomic E-state index is -0.369. The SMILES string of the molecule is CC1=CC(C)(C(=O)Cl)CC1. The molecule has 1 nitrogen and oxygen atoms in total. The van der Waals surface area contributed by atoms with Gasteiger partial charge in [-0.2, -0.15) is 0 Å². The molecule has 1 unspecified atom stereocenters. The number of hydrogen-bond acceptors (Lipinski definition) is 1. The van der Waals surface area contributed by atoms with Gasteiger partial charge in [-0.25, -0.2) is 0 Å². The van der Waals surface area contributed by atoms with Gasteiger partial charge in [0.25, 0.3) is 0 Å². The van der Waals surface area contributed by atoms with Gasteiger partial charge < -0.3 is 0 Å². The van der Waals surface area contributed by atoms with E-state index in [9.17, 15) is 4.79 Å². The summed E-state index contributed by atoms with van der Waals surface area (Å²) in [5.74, 6) is 0. The van der Waals surface area contributed by atoms with Crippen molar-refractivity contribution in [3.8, 4) is 0 Å². The van der Waals surface area contributed by atoms with Crippen LogP contribution in [0.4, 0.5) is 0 Å². The van der Waals surface area contributed by atoms with Gasteiger partial charge in [-0.05, 0) is 38.3 Å². The first-order chi connectivity index (χ1) is 4.54. The summed E-state index contributed by atoms with van der Waals surface area (Å²) in [5.41, 5.74) is 0.905. The molecule has 0 heterocycles. The molecule has 0 spiro atoms. The van der Waals surface area contributed by atoms with E-state index in [1.807, 2.05) is 19.9 Å². The van der Waals surface area contributed by atoms with Gasteiger partial charge in [-0.15, -0.1) is 0 Å². The summed E-state index contributed by atoms with van der Waals surface area (Å²) >= 11 is 5.41. The highest BCUT2D eigenvalue weighted by Crippen LogP contribution is 2.37. The van der Waals surface area contributed by atoms with Crippen LogP contribution in [0.5, 0.6) is 0 Å². The van der Waals surface area contributed by atoms with Gasteiger partial charge >= 0.3 is 0 Å². The van der Waals surface area contributed by atoms with Crippen molar-refractivity contribution in [2.24, 2.45) is 5.41 Å². The first kappa shape index (κ1) is 7.80. The molecule has 0 aromatic heterocycles. The highest BCUT2D eigenvalue weighted by Gasteiger charge is 2.32. The van der Waals surface area contributed by atoms with Crippen molar-refractivity contribution < 1.29 is 4.79 Å². The summed E-state index contributed by atoms with van der Waals surface area (Å²) in [6, 6.07) is 0. The largest absolute Gasteiger partial charge is 0.280 e. The summed E-state index contributed by atoms with van der Waals surface area (Å²) in [5, 5.41) is -0.232. The van der Waals surface area contributed by atoms with Gasteiger partial charge in [0.05, 0.1) is 5.41 Å². The van der Waals surface area contributed by atoms with Gasteiger partial charge in [-0.1, -0.05) is 11.6 Å². The Morgan fingerprint density at radius 1 is 1.80 bits per heavy atom. The number of carbonyl (C=O) groups excluding carboxylic acids is 1. The maximum Gasteiger partial charge on any atom is 0.231 e. The summed E-state index contributed by atoms with van der Waals surface area (Å²) in [6.45, 7) is 3.92. The number of rotatable bonds is 1. The maximum atomic E-state index is 10.8. The first-order valence-corrected chi connectivity index (χ1v) is 3.81. The molecule has 2 heteroatoms. The molecule has 0 saturated heterocycles. The zero-order chi connectivity index (χ0) is 7.78. The molecule has 1 aliphatic rings. The van der Waals surface area contributed by atoms with Crippen LogP contribution < -0.4 is 0 Å². The fourth-order valence-electron chi connectivity index (χ4n) is 1.30. The second-order valence-electron chi connectivity index (χ2n) is 3.18. The van der Waals surface area contributed by atoms with E-state index in [1.165, 1.54) is 5.57 Å². The molecular weight excluding hydrogens is 148 g/mol. The topological polar surface area (TPSA) is 17.1 Å². The summed E-state index contributed by atoms with van der Waals surface area (Å²) < 4.78 is 0. The van der Waals surface area contributed by atoms with Crippen LogP contribution in [-0.4, -0.2) is 5.24 Å².